The Bertz CT molecular complexity index is 921. The van der Waals surface area contributed by atoms with E-state index in [1.165, 1.54) is 18.2 Å². The second-order valence-electron chi connectivity index (χ2n) is 5.25. The zero-order valence-electron chi connectivity index (χ0n) is 13.1. The van der Waals surface area contributed by atoms with Crippen LogP contribution in [0.25, 0.3) is 11.1 Å². The number of nitrogen functional groups attached to an aromatic ring is 1. The molecule has 2 aromatic rings. The topological polar surface area (TPSA) is 174 Å². The third kappa shape index (κ3) is 3.25. The molecule has 0 saturated carbocycles. The van der Waals surface area contributed by atoms with Gasteiger partial charge in [0.1, 0.15) is 16.9 Å². The van der Waals surface area contributed by atoms with Gasteiger partial charge >= 0.3 is 19.1 Å². The van der Waals surface area contributed by atoms with Gasteiger partial charge in [-0.3, -0.25) is 4.79 Å². The molecule has 9 nitrogen and oxygen atoms in total. The Morgan fingerprint density at radius 3 is 2.24 bits per heavy atom. The van der Waals surface area contributed by atoms with Crippen LogP contribution in [-0.2, 0) is 6.42 Å². The molecule has 25 heavy (non-hydrogen) atoms. The normalized spacial score (nSPS) is 10.5. The van der Waals surface area contributed by atoms with Gasteiger partial charge in [-0.2, -0.15) is 0 Å². The first-order chi connectivity index (χ1) is 11.7. The van der Waals surface area contributed by atoms with Crippen LogP contribution >= 0.6 is 0 Å². The highest BCUT2D eigenvalue weighted by atomic mass is 16.4. The zero-order chi connectivity index (χ0) is 18.9. The predicted octanol–water partition coefficient (Wildman–Crippen LogP) is -0.737. The minimum Gasteiger partial charge on any atom is -0.478 e. The number of carboxylic acids is 2. The Balaban J connectivity index is 2.98. The van der Waals surface area contributed by atoms with E-state index in [1.54, 1.807) is 6.92 Å². The van der Waals surface area contributed by atoms with Crippen LogP contribution in [0.1, 0.15) is 33.2 Å². The number of H-pyrrole nitrogens is 1. The fraction of sp³-hybridized carbons (Fsp3) is 0.133. The van der Waals surface area contributed by atoms with Crippen LogP contribution in [0.3, 0.4) is 0 Å². The van der Waals surface area contributed by atoms with Gasteiger partial charge in [-0.1, -0.05) is 25.1 Å². The molecule has 1 heterocycles. The van der Waals surface area contributed by atoms with E-state index in [0.717, 1.165) is 0 Å². The number of aromatic carboxylic acids is 2. The fourth-order valence-electron chi connectivity index (χ4n) is 2.63. The van der Waals surface area contributed by atoms with Crippen LogP contribution in [0.2, 0.25) is 0 Å². The molecule has 10 heteroatoms. The molecule has 0 unspecified atom stereocenters. The summed E-state index contributed by atoms with van der Waals surface area (Å²) < 4.78 is 0. The summed E-state index contributed by atoms with van der Waals surface area (Å²) >= 11 is 0. The van der Waals surface area contributed by atoms with E-state index >= 15 is 0 Å². The number of hydrogen-bond donors (Lipinski definition) is 6. The molecule has 2 rings (SSSR count). The Kier molecular flexibility index (Phi) is 4.95. The number of carbonyl (C=O) groups is 2. The first-order valence-electron chi connectivity index (χ1n) is 7.20. The number of aryl methyl sites for hydroxylation is 1. The number of rotatable bonds is 5. The van der Waals surface area contributed by atoms with Gasteiger partial charge in [0.05, 0.1) is 0 Å². The molecule has 0 aliphatic heterocycles. The fourth-order valence-corrected chi connectivity index (χ4v) is 2.63. The molecule has 130 valence electrons. The van der Waals surface area contributed by atoms with E-state index in [4.69, 9.17) is 5.73 Å². The number of carboxylic acid groups (broad SMARTS) is 2. The number of nitrogens with two attached hydrogens (primary N) is 1. The van der Waals surface area contributed by atoms with Crippen molar-refractivity contribution >= 4 is 30.3 Å². The highest BCUT2D eigenvalue weighted by Crippen LogP contribution is 2.31. The third-order valence-corrected chi connectivity index (χ3v) is 3.75. The van der Waals surface area contributed by atoms with Crippen molar-refractivity contribution in [2.75, 3.05) is 5.73 Å². The van der Waals surface area contributed by atoms with Crippen molar-refractivity contribution in [1.29, 1.82) is 0 Å². The van der Waals surface area contributed by atoms with Crippen molar-refractivity contribution in [1.82, 2.24) is 4.98 Å². The Morgan fingerprint density at radius 1 is 1.16 bits per heavy atom. The molecule has 0 aliphatic carbocycles. The highest BCUT2D eigenvalue weighted by Gasteiger charge is 2.28. The number of pyridine rings is 1. The molecule has 0 atom stereocenters. The first-order valence-corrected chi connectivity index (χ1v) is 7.20. The van der Waals surface area contributed by atoms with Gasteiger partial charge in [-0.25, -0.2) is 9.59 Å². The van der Waals surface area contributed by atoms with E-state index < -0.39 is 41.6 Å². The number of anilines is 1. The molecule has 0 saturated heterocycles. The van der Waals surface area contributed by atoms with Crippen LogP contribution < -0.4 is 16.8 Å². The van der Waals surface area contributed by atoms with E-state index in [2.05, 4.69) is 0 Å². The van der Waals surface area contributed by atoms with Crippen LogP contribution in [0, 0.1) is 0 Å². The number of benzene rings is 1. The lowest BCUT2D eigenvalue weighted by molar-refractivity contribution is 0.0695. The van der Waals surface area contributed by atoms with Gasteiger partial charge in [0.2, 0.25) is 0 Å². The van der Waals surface area contributed by atoms with Crippen LogP contribution in [0.5, 0.6) is 0 Å². The highest BCUT2D eigenvalue weighted by molar-refractivity contribution is 6.58. The monoisotopic (exact) mass is 346 g/mol. The average molecular weight is 346 g/mol. The predicted molar refractivity (Wildman–Crippen MR) is 90.0 cm³/mol. The SMILES string of the molecule is CCc1cc(B(O)O)ccc1-c1c(C(=O)O)c(N)[nH]c(=O)c1C(=O)O. The van der Waals surface area contributed by atoms with E-state index in [0.29, 0.717) is 12.0 Å². The maximum atomic E-state index is 12.0. The summed E-state index contributed by atoms with van der Waals surface area (Å²) in [4.78, 5) is 37.2. The number of nitrogens with one attached hydrogen (secondary N) is 1. The van der Waals surface area contributed by atoms with Gasteiger partial charge in [0.15, 0.2) is 0 Å². The maximum absolute atomic E-state index is 12.0. The van der Waals surface area contributed by atoms with E-state index in [9.17, 15) is 34.6 Å². The largest absolute Gasteiger partial charge is 0.488 e. The second kappa shape index (κ2) is 6.79. The lowest BCUT2D eigenvalue weighted by atomic mass is 9.77. The standard InChI is InChI=1S/C15H15BN2O7/c1-2-6-5-7(16(24)25)3-4-8(6)9-10(14(20)21)12(17)18-13(19)11(9)15(22)23/h3-5,24-25H,2H2,1H3,(H,20,21)(H,22,23)(H3,17,18,19). The maximum Gasteiger partial charge on any atom is 0.488 e. The molecule has 0 radical (unpaired) electrons. The zero-order valence-corrected chi connectivity index (χ0v) is 13.1. The Labute approximate surface area is 141 Å². The summed E-state index contributed by atoms with van der Waals surface area (Å²) in [7, 11) is -1.75. The minimum absolute atomic E-state index is 0.146. The van der Waals surface area contributed by atoms with Gasteiger partial charge in [0, 0.05) is 5.56 Å². The summed E-state index contributed by atoms with van der Waals surface area (Å²) in [6.07, 6.45) is 0.320. The Morgan fingerprint density at radius 2 is 1.76 bits per heavy atom. The van der Waals surface area contributed by atoms with Crippen LogP contribution in [0.15, 0.2) is 23.0 Å². The quantitative estimate of drug-likeness (QED) is 0.384. The van der Waals surface area contributed by atoms with Crippen molar-refractivity contribution in [2.24, 2.45) is 0 Å². The summed E-state index contributed by atoms with van der Waals surface area (Å²) in [6, 6.07) is 4.03. The van der Waals surface area contributed by atoms with Crippen molar-refractivity contribution < 1.29 is 29.9 Å². The number of aromatic amines is 1. The Hall–Kier alpha value is -3.11. The minimum atomic E-state index is -1.75. The molecule has 0 bridgehead atoms. The lowest BCUT2D eigenvalue weighted by Gasteiger charge is -2.16. The molecule has 1 aromatic heterocycles. The van der Waals surface area contributed by atoms with E-state index in [1.807, 2.05) is 4.98 Å². The number of aromatic nitrogens is 1. The van der Waals surface area contributed by atoms with Gasteiger partial charge < -0.3 is 31.0 Å². The van der Waals surface area contributed by atoms with Gasteiger partial charge in [0.25, 0.3) is 5.56 Å². The van der Waals surface area contributed by atoms with Gasteiger partial charge in [-0.05, 0) is 23.0 Å². The van der Waals surface area contributed by atoms with Gasteiger partial charge in [-0.15, -0.1) is 0 Å². The number of hydrogen-bond acceptors (Lipinski definition) is 6. The van der Waals surface area contributed by atoms with Crippen LogP contribution in [-0.4, -0.2) is 44.3 Å². The molecule has 0 amide bonds. The summed E-state index contributed by atoms with van der Waals surface area (Å²) in [6.45, 7) is 1.71. The van der Waals surface area contributed by atoms with Crippen molar-refractivity contribution in [3.8, 4) is 11.1 Å². The molecule has 0 spiro atoms. The lowest BCUT2D eigenvalue weighted by Crippen LogP contribution is -2.30. The summed E-state index contributed by atoms with van der Waals surface area (Å²) in [5.41, 5.74) is 3.69. The summed E-state index contributed by atoms with van der Waals surface area (Å²) in [5.74, 6) is -3.57. The third-order valence-electron chi connectivity index (χ3n) is 3.75. The smallest absolute Gasteiger partial charge is 0.478 e. The van der Waals surface area contributed by atoms with Crippen molar-refractivity contribution in [2.45, 2.75) is 13.3 Å². The summed E-state index contributed by atoms with van der Waals surface area (Å²) in [5, 5.41) is 37.4. The molecular weight excluding hydrogens is 331 g/mol. The second-order valence-corrected chi connectivity index (χ2v) is 5.25. The van der Waals surface area contributed by atoms with Crippen molar-refractivity contribution in [3.63, 3.8) is 0 Å². The molecule has 1 aromatic carbocycles. The molecule has 0 aliphatic rings. The average Bonchev–Trinajstić information content (AvgIpc) is 2.52. The van der Waals surface area contributed by atoms with E-state index in [-0.39, 0.29) is 16.6 Å². The molecule has 0 fully saturated rings. The van der Waals surface area contributed by atoms with Crippen LogP contribution in [0.4, 0.5) is 5.82 Å². The molecular formula is C15H15BN2O7. The molecule has 7 N–H and O–H groups in total. The first kappa shape index (κ1) is 18.2. The van der Waals surface area contributed by atoms with Crippen molar-refractivity contribution in [3.05, 3.63) is 45.2 Å².